The van der Waals surface area contributed by atoms with Gasteiger partial charge in [0.15, 0.2) is 0 Å². The van der Waals surface area contributed by atoms with Crippen LogP contribution in [0.2, 0.25) is 0 Å². The van der Waals surface area contributed by atoms with E-state index >= 15 is 0 Å². The second-order valence-electron chi connectivity index (χ2n) is 0.731. The summed E-state index contributed by atoms with van der Waals surface area (Å²) in [6.07, 6.45) is 0. The summed E-state index contributed by atoms with van der Waals surface area (Å²) in [4.78, 5) is 0. The van der Waals surface area contributed by atoms with E-state index in [1.165, 1.54) is 0 Å². The van der Waals surface area contributed by atoms with E-state index in [4.69, 9.17) is 0 Å². The van der Waals surface area contributed by atoms with Gasteiger partial charge in [0, 0.05) is 21.7 Å². The predicted molar refractivity (Wildman–Crippen MR) is 44.9 cm³/mol. The summed E-state index contributed by atoms with van der Waals surface area (Å²) in [6.45, 7) is 0. The summed E-state index contributed by atoms with van der Waals surface area (Å²) in [7, 11) is 0. The maximum absolute atomic E-state index is 2.90. The van der Waals surface area contributed by atoms with E-state index in [1.807, 2.05) is 17.5 Å². The summed E-state index contributed by atoms with van der Waals surface area (Å²) >= 11 is 1.59. The van der Waals surface area contributed by atoms with Crippen molar-refractivity contribution in [1.82, 2.24) is 0 Å². The zero-order valence-electron chi connectivity index (χ0n) is 4.37. The normalized spacial score (nSPS) is 4.44. The standard InChI is InChI=1S/C4H3S.3ClH.Ti/c1-2-4-5-3-1;;;;/h1-3H;3*1H;/q-1;;;;. The first-order chi connectivity index (χ1) is 2.50. The molecule has 9 heavy (non-hydrogen) atoms. The molecule has 0 radical (unpaired) electrons. The first-order valence-corrected chi connectivity index (χ1v) is 2.27. The average Bonchev–Trinajstić information content (AvgIpc) is 1.76. The van der Waals surface area contributed by atoms with Crippen LogP contribution in [0.4, 0.5) is 0 Å². The largest absolute Gasteiger partial charge is 0.304 e. The van der Waals surface area contributed by atoms with Crippen LogP contribution in [0.25, 0.3) is 0 Å². The molecule has 0 bridgehead atoms. The minimum absolute atomic E-state index is 0. The van der Waals surface area contributed by atoms with E-state index in [2.05, 4.69) is 5.38 Å². The van der Waals surface area contributed by atoms with E-state index in [0.717, 1.165) is 0 Å². The van der Waals surface area contributed by atoms with Crippen molar-refractivity contribution < 1.29 is 21.7 Å². The number of hydrogen-bond donors (Lipinski definition) is 0. The van der Waals surface area contributed by atoms with E-state index in [0.29, 0.717) is 0 Å². The third kappa shape index (κ3) is 12.5. The summed E-state index contributed by atoms with van der Waals surface area (Å²) in [5, 5.41) is 4.89. The topological polar surface area (TPSA) is 0 Å². The zero-order chi connectivity index (χ0) is 3.54. The van der Waals surface area contributed by atoms with Gasteiger partial charge >= 0.3 is 0 Å². The van der Waals surface area contributed by atoms with Gasteiger partial charge in [-0.1, -0.05) is 0 Å². The molecular weight excluding hydrogens is 234 g/mol. The summed E-state index contributed by atoms with van der Waals surface area (Å²) in [5.41, 5.74) is 0. The van der Waals surface area contributed by atoms with Crippen LogP contribution in [0.15, 0.2) is 17.5 Å². The molecule has 0 aliphatic carbocycles. The van der Waals surface area contributed by atoms with Gasteiger partial charge in [0.2, 0.25) is 0 Å². The second-order valence-corrected chi connectivity index (χ2v) is 1.47. The van der Waals surface area contributed by atoms with Crippen LogP contribution in [0, 0.1) is 5.38 Å². The van der Waals surface area contributed by atoms with Gasteiger partial charge in [0.25, 0.3) is 0 Å². The number of rotatable bonds is 0. The molecule has 0 aliphatic rings. The number of thiophene rings is 1. The molecular formula is C4H6Cl3STi-. The van der Waals surface area contributed by atoms with E-state index < -0.39 is 0 Å². The quantitative estimate of drug-likeness (QED) is 0.483. The van der Waals surface area contributed by atoms with Crippen LogP contribution in [0.1, 0.15) is 0 Å². The van der Waals surface area contributed by atoms with Crippen molar-refractivity contribution in [1.29, 1.82) is 0 Å². The summed E-state index contributed by atoms with van der Waals surface area (Å²) < 4.78 is 0. The molecule has 1 rings (SSSR count). The molecule has 0 saturated carbocycles. The molecule has 0 saturated heterocycles. The monoisotopic (exact) mass is 239 g/mol. The molecule has 1 heterocycles. The van der Waals surface area contributed by atoms with Gasteiger partial charge in [-0.2, -0.15) is 11.4 Å². The second kappa shape index (κ2) is 16.1. The van der Waals surface area contributed by atoms with Crippen LogP contribution in [-0.2, 0) is 21.7 Å². The van der Waals surface area contributed by atoms with Crippen LogP contribution in [0.3, 0.4) is 0 Å². The minimum atomic E-state index is 0. The van der Waals surface area contributed by atoms with Crippen molar-refractivity contribution in [2.45, 2.75) is 0 Å². The predicted octanol–water partition coefficient (Wildman–Crippen LogP) is 2.81. The third-order valence-corrected chi connectivity index (χ3v) is 0.944. The summed E-state index contributed by atoms with van der Waals surface area (Å²) in [6, 6.07) is 3.86. The number of halogens is 3. The third-order valence-electron chi connectivity index (χ3n) is 0.379. The smallest absolute Gasteiger partial charge is 0 e. The Morgan fingerprint density at radius 2 is 1.67 bits per heavy atom. The molecule has 5 heteroatoms. The van der Waals surface area contributed by atoms with Crippen molar-refractivity contribution in [3.8, 4) is 0 Å². The van der Waals surface area contributed by atoms with Gasteiger partial charge in [-0.05, 0) is 0 Å². The molecule has 1 aromatic heterocycles. The van der Waals surface area contributed by atoms with Crippen molar-refractivity contribution in [2.75, 3.05) is 0 Å². The molecule has 0 spiro atoms. The molecule has 0 amide bonds. The SMILES string of the molecule is Cl.Cl.Cl.[Ti].[c-]1cccs1. The fourth-order valence-corrected chi connectivity index (χ4v) is 0.589. The maximum atomic E-state index is 2.90. The molecule has 0 aromatic carbocycles. The Morgan fingerprint density at radius 3 is 1.78 bits per heavy atom. The van der Waals surface area contributed by atoms with E-state index in [-0.39, 0.29) is 58.9 Å². The fraction of sp³-hybridized carbons (Fsp3) is 0. The van der Waals surface area contributed by atoms with Gasteiger partial charge in [0.05, 0.1) is 0 Å². The Balaban J connectivity index is -0.0000000312. The van der Waals surface area contributed by atoms with E-state index in [1.54, 1.807) is 11.3 Å². The van der Waals surface area contributed by atoms with Crippen molar-refractivity contribution in [2.24, 2.45) is 0 Å². The Kier molecular flexibility index (Phi) is 40.2. The van der Waals surface area contributed by atoms with Crippen LogP contribution >= 0.6 is 48.6 Å². The van der Waals surface area contributed by atoms with Gasteiger partial charge in [-0.15, -0.1) is 42.6 Å². The summed E-state index contributed by atoms with van der Waals surface area (Å²) in [5.74, 6) is 0. The molecule has 0 aliphatic heterocycles. The Hall–Kier alpha value is 1.28. The van der Waals surface area contributed by atoms with Gasteiger partial charge in [-0.3, -0.25) is 0 Å². The van der Waals surface area contributed by atoms with Crippen molar-refractivity contribution in [3.05, 3.63) is 22.9 Å². The Bertz CT molecular complexity index is 72.3. The van der Waals surface area contributed by atoms with E-state index in [9.17, 15) is 0 Å². The fourth-order valence-electron chi connectivity index (χ4n) is 0.196. The maximum Gasteiger partial charge on any atom is 0 e. The first kappa shape index (κ1) is 22.4. The molecule has 0 nitrogen and oxygen atoms in total. The van der Waals surface area contributed by atoms with Gasteiger partial charge < -0.3 is 11.3 Å². The van der Waals surface area contributed by atoms with Crippen molar-refractivity contribution >= 4 is 48.6 Å². The molecule has 0 fully saturated rings. The van der Waals surface area contributed by atoms with Gasteiger partial charge in [0.1, 0.15) is 0 Å². The zero-order valence-corrected chi connectivity index (χ0v) is 9.19. The van der Waals surface area contributed by atoms with Gasteiger partial charge in [-0.25, -0.2) is 6.07 Å². The molecule has 0 unspecified atom stereocenters. The average molecular weight is 240 g/mol. The molecule has 0 atom stereocenters. The van der Waals surface area contributed by atoms with Crippen LogP contribution in [0.5, 0.6) is 0 Å². The van der Waals surface area contributed by atoms with Crippen molar-refractivity contribution in [3.63, 3.8) is 0 Å². The first-order valence-electron chi connectivity index (χ1n) is 1.40. The van der Waals surface area contributed by atoms with Crippen LogP contribution in [-0.4, -0.2) is 0 Å². The molecule has 1 aromatic rings. The Labute approximate surface area is 92.5 Å². The molecule has 0 N–H and O–H groups in total. The number of hydrogen-bond acceptors (Lipinski definition) is 1. The molecule has 54 valence electrons. The Morgan fingerprint density at radius 1 is 1.11 bits per heavy atom. The van der Waals surface area contributed by atoms with Crippen LogP contribution < -0.4 is 0 Å². The minimum Gasteiger partial charge on any atom is -0.304 e.